The summed E-state index contributed by atoms with van der Waals surface area (Å²) in [6.45, 7) is 0.192. The number of pyridine rings is 1. The van der Waals surface area contributed by atoms with E-state index in [9.17, 15) is 4.79 Å². The number of carbonyl (C=O) groups is 1. The van der Waals surface area contributed by atoms with Crippen molar-refractivity contribution < 1.29 is 14.3 Å². The number of hydrogen-bond acceptors (Lipinski definition) is 4. The van der Waals surface area contributed by atoms with Gasteiger partial charge in [-0.05, 0) is 47.5 Å². The summed E-state index contributed by atoms with van der Waals surface area (Å²) in [6, 6.07) is 18.9. The molecule has 0 bridgehead atoms. The number of fused-ring (bicyclic) bond motifs is 1. The molecule has 25 heavy (non-hydrogen) atoms. The van der Waals surface area contributed by atoms with E-state index in [1.54, 1.807) is 18.5 Å². The molecule has 124 valence electrons. The van der Waals surface area contributed by atoms with Gasteiger partial charge in [-0.2, -0.15) is 0 Å². The van der Waals surface area contributed by atoms with E-state index in [1.807, 2.05) is 54.6 Å². The van der Waals surface area contributed by atoms with E-state index in [0.717, 1.165) is 11.1 Å². The Morgan fingerprint density at radius 1 is 0.920 bits per heavy atom. The molecule has 0 aliphatic carbocycles. The van der Waals surface area contributed by atoms with Gasteiger partial charge in [0.2, 0.25) is 6.10 Å². The molecule has 0 saturated carbocycles. The van der Waals surface area contributed by atoms with Gasteiger partial charge < -0.3 is 14.8 Å². The van der Waals surface area contributed by atoms with E-state index >= 15 is 0 Å². The summed E-state index contributed by atoms with van der Waals surface area (Å²) in [6.07, 6.45) is 2.83. The number of para-hydroxylation sites is 2. The fourth-order valence-corrected chi connectivity index (χ4v) is 2.66. The van der Waals surface area contributed by atoms with Crippen molar-refractivity contribution in [2.75, 3.05) is 11.9 Å². The minimum Gasteiger partial charge on any atom is -0.485 e. The van der Waals surface area contributed by atoms with Gasteiger partial charge in [0, 0.05) is 18.1 Å². The second-order valence-electron chi connectivity index (χ2n) is 5.67. The molecule has 4 rings (SSSR count). The minimum atomic E-state index is -0.672. The van der Waals surface area contributed by atoms with Crippen LogP contribution in [0.2, 0.25) is 0 Å². The number of amides is 1. The maximum Gasteiger partial charge on any atom is 0.269 e. The van der Waals surface area contributed by atoms with Crippen LogP contribution in [-0.4, -0.2) is 23.6 Å². The van der Waals surface area contributed by atoms with Crippen LogP contribution in [0.3, 0.4) is 0 Å². The topological polar surface area (TPSA) is 60.5 Å². The zero-order valence-corrected chi connectivity index (χ0v) is 13.4. The highest BCUT2D eigenvalue weighted by molar-refractivity contribution is 5.95. The lowest BCUT2D eigenvalue weighted by Crippen LogP contribution is -2.40. The number of ether oxygens (including phenoxy) is 2. The highest BCUT2D eigenvalue weighted by atomic mass is 16.6. The maximum absolute atomic E-state index is 12.4. The normalized spacial score (nSPS) is 15.4. The first-order chi connectivity index (χ1) is 12.3. The van der Waals surface area contributed by atoms with Gasteiger partial charge in [-0.1, -0.05) is 24.3 Å². The van der Waals surface area contributed by atoms with Gasteiger partial charge in [0.25, 0.3) is 5.91 Å². The first-order valence-electron chi connectivity index (χ1n) is 7.99. The van der Waals surface area contributed by atoms with Gasteiger partial charge in [-0.3, -0.25) is 9.78 Å². The van der Waals surface area contributed by atoms with Crippen molar-refractivity contribution in [3.8, 4) is 22.6 Å². The van der Waals surface area contributed by atoms with Gasteiger partial charge in [0.05, 0.1) is 0 Å². The second-order valence-corrected chi connectivity index (χ2v) is 5.67. The van der Waals surface area contributed by atoms with Gasteiger partial charge in [0.1, 0.15) is 6.61 Å². The summed E-state index contributed by atoms with van der Waals surface area (Å²) in [5.74, 6) is 1.02. The molecule has 1 atom stereocenters. The standard InChI is InChI=1S/C20H16N2O3/c23-20(19-13-24-17-3-1-2-4-18(17)25-19)22-16-7-5-14(6-8-16)15-9-11-21-12-10-15/h1-12,19H,13H2,(H,22,23)/t19-/m1/s1. The molecule has 0 fully saturated rings. The number of nitrogens with zero attached hydrogens (tertiary/aromatic N) is 1. The molecule has 2 aromatic carbocycles. The third-order valence-corrected chi connectivity index (χ3v) is 3.97. The van der Waals surface area contributed by atoms with Gasteiger partial charge in [-0.25, -0.2) is 0 Å². The number of hydrogen-bond donors (Lipinski definition) is 1. The van der Waals surface area contributed by atoms with E-state index < -0.39 is 6.10 Å². The van der Waals surface area contributed by atoms with E-state index in [0.29, 0.717) is 17.2 Å². The molecule has 0 radical (unpaired) electrons. The molecule has 1 aliphatic heterocycles. The molecule has 0 spiro atoms. The Hall–Kier alpha value is -3.34. The van der Waals surface area contributed by atoms with Crippen LogP contribution in [0.1, 0.15) is 0 Å². The number of rotatable bonds is 3. The molecule has 0 saturated heterocycles. The summed E-state index contributed by atoms with van der Waals surface area (Å²) in [7, 11) is 0. The molecular weight excluding hydrogens is 316 g/mol. The van der Waals surface area contributed by atoms with Gasteiger partial charge in [-0.15, -0.1) is 0 Å². The average Bonchev–Trinajstić information content (AvgIpc) is 2.69. The van der Waals surface area contributed by atoms with Crippen molar-refractivity contribution in [1.82, 2.24) is 4.98 Å². The summed E-state index contributed by atoms with van der Waals surface area (Å²) in [5.41, 5.74) is 2.85. The van der Waals surface area contributed by atoms with Crippen LogP contribution < -0.4 is 14.8 Å². The van der Waals surface area contributed by atoms with Crippen LogP contribution in [-0.2, 0) is 4.79 Å². The smallest absolute Gasteiger partial charge is 0.269 e. The minimum absolute atomic E-state index is 0.192. The number of nitrogens with one attached hydrogen (secondary N) is 1. The van der Waals surface area contributed by atoms with Gasteiger partial charge >= 0.3 is 0 Å². The van der Waals surface area contributed by atoms with Crippen LogP contribution in [0, 0.1) is 0 Å². The molecule has 1 amide bonds. The highest BCUT2D eigenvalue weighted by Crippen LogP contribution is 2.31. The zero-order chi connectivity index (χ0) is 17.1. The fraction of sp³-hybridized carbons (Fsp3) is 0.100. The Balaban J connectivity index is 1.43. The van der Waals surface area contributed by atoms with Crippen LogP contribution >= 0.6 is 0 Å². The molecule has 1 aliphatic rings. The Labute approximate surface area is 145 Å². The lowest BCUT2D eigenvalue weighted by atomic mass is 10.1. The highest BCUT2D eigenvalue weighted by Gasteiger charge is 2.27. The Kier molecular flexibility index (Phi) is 4.04. The molecule has 3 aromatic rings. The Bertz CT molecular complexity index is 879. The van der Waals surface area contributed by atoms with Crippen LogP contribution in [0.5, 0.6) is 11.5 Å². The lowest BCUT2D eigenvalue weighted by Gasteiger charge is -2.25. The van der Waals surface area contributed by atoms with Crippen LogP contribution in [0.15, 0.2) is 73.1 Å². The molecule has 5 heteroatoms. The van der Waals surface area contributed by atoms with E-state index in [1.165, 1.54) is 0 Å². The zero-order valence-electron chi connectivity index (χ0n) is 13.4. The third-order valence-electron chi connectivity index (χ3n) is 3.97. The largest absolute Gasteiger partial charge is 0.485 e. The third kappa shape index (κ3) is 3.30. The summed E-state index contributed by atoms with van der Waals surface area (Å²) in [5, 5.41) is 2.86. The first kappa shape index (κ1) is 15.2. The van der Waals surface area contributed by atoms with Crippen molar-refractivity contribution in [2.24, 2.45) is 0 Å². The quantitative estimate of drug-likeness (QED) is 0.797. The van der Waals surface area contributed by atoms with Gasteiger partial charge in [0.15, 0.2) is 11.5 Å². The van der Waals surface area contributed by atoms with Crippen molar-refractivity contribution in [3.63, 3.8) is 0 Å². The number of carbonyl (C=O) groups excluding carboxylic acids is 1. The van der Waals surface area contributed by atoms with E-state index in [4.69, 9.17) is 9.47 Å². The monoisotopic (exact) mass is 332 g/mol. The van der Waals surface area contributed by atoms with Crippen molar-refractivity contribution in [1.29, 1.82) is 0 Å². The predicted octanol–water partition coefficient (Wildman–Crippen LogP) is 3.53. The molecular formula is C20H16N2O3. The van der Waals surface area contributed by atoms with E-state index in [2.05, 4.69) is 10.3 Å². The number of anilines is 1. The van der Waals surface area contributed by atoms with Crippen LogP contribution in [0.25, 0.3) is 11.1 Å². The fourth-order valence-electron chi connectivity index (χ4n) is 2.66. The SMILES string of the molecule is O=C(Nc1ccc(-c2ccncc2)cc1)[C@H]1COc2ccccc2O1. The second kappa shape index (κ2) is 6.65. The lowest BCUT2D eigenvalue weighted by molar-refractivity contribution is -0.125. The molecule has 0 unspecified atom stereocenters. The summed E-state index contributed by atoms with van der Waals surface area (Å²) < 4.78 is 11.3. The van der Waals surface area contributed by atoms with Crippen molar-refractivity contribution in [2.45, 2.75) is 6.10 Å². The molecule has 1 N–H and O–H groups in total. The number of benzene rings is 2. The average molecular weight is 332 g/mol. The Morgan fingerprint density at radius 3 is 2.36 bits per heavy atom. The number of aromatic nitrogens is 1. The summed E-state index contributed by atoms with van der Waals surface area (Å²) in [4.78, 5) is 16.4. The van der Waals surface area contributed by atoms with Crippen molar-refractivity contribution >= 4 is 11.6 Å². The van der Waals surface area contributed by atoms with Crippen LogP contribution in [0.4, 0.5) is 5.69 Å². The predicted molar refractivity (Wildman–Crippen MR) is 94.7 cm³/mol. The maximum atomic E-state index is 12.4. The molecule has 1 aromatic heterocycles. The first-order valence-corrected chi connectivity index (χ1v) is 7.99. The van der Waals surface area contributed by atoms with E-state index in [-0.39, 0.29) is 12.5 Å². The molecule has 5 nitrogen and oxygen atoms in total. The Morgan fingerprint density at radius 2 is 1.60 bits per heavy atom. The summed E-state index contributed by atoms with van der Waals surface area (Å²) >= 11 is 0. The van der Waals surface area contributed by atoms with Crippen molar-refractivity contribution in [3.05, 3.63) is 73.1 Å². The molecule has 2 heterocycles.